The van der Waals surface area contributed by atoms with E-state index in [9.17, 15) is 14.4 Å². The van der Waals surface area contributed by atoms with Crippen molar-refractivity contribution in [1.82, 2.24) is 5.32 Å². The highest BCUT2D eigenvalue weighted by Gasteiger charge is 2.22. The van der Waals surface area contributed by atoms with Crippen LogP contribution in [0.3, 0.4) is 0 Å². The standard InChI is InChI=1S/C13H15BrN2O5/c1-7-2-3-10(8(14)4-7)21-6-12(18)16-9(13(19)20)5-11(15)17/h2-4,9H,5-6H2,1H3,(H2,15,17)(H,16,18)(H,19,20)/t9-/m1/s1. The topological polar surface area (TPSA) is 119 Å². The predicted molar refractivity (Wildman–Crippen MR) is 77.8 cm³/mol. The summed E-state index contributed by atoms with van der Waals surface area (Å²) in [5.41, 5.74) is 5.93. The van der Waals surface area contributed by atoms with Gasteiger partial charge in [0.25, 0.3) is 5.91 Å². The molecule has 0 saturated heterocycles. The second kappa shape index (κ2) is 7.63. The summed E-state index contributed by atoms with van der Waals surface area (Å²) in [4.78, 5) is 33.2. The zero-order chi connectivity index (χ0) is 16.0. The van der Waals surface area contributed by atoms with Crippen LogP contribution in [0.5, 0.6) is 5.75 Å². The molecule has 4 N–H and O–H groups in total. The third-order valence-electron chi connectivity index (χ3n) is 2.48. The van der Waals surface area contributed by atoms with Crippen LogP contribution < -0.4 is 15.8 Å². The van der Waals surface area contributed by atoms with Gasteiger partial charge < -0.3 is 20.9 Å². The highest BCUT2D eigenvalue weighted by atomic mass is 79.9. The Kier molecular flexibility index (Phi) is 6.16. The molecule has 0 aliphatic heterocycles. The van der Waals surface area contributed by atoms with E-state index < -0.39 is 30.2 Å². The van der Waals surface area contributed by atoms with Crippen LogP contribution in [0.25, 0.3) is 0 Å². The maximum Gasteiger partial charge on any atom is 0.326 e. The number of carboxylic acid groups (broad SMARTS) is 1. The summed E-state index contributed by atoms with van der Waals surface area (Å²) in [5, 5.41) is 11.0. The van der Waals surface area contributed by atoms with Crippen molar-refractivity contribution in [2.75, 3.05) is 6.61 Å². The maximum absolute atomic E-state index is 11.6. The minimum atomic E-state index is -1.36. The fourth-order valence-electron chi connectivity index (χ4n) is 1.50. The zero-order valence-electron chi connectivity index (χ0n) is 11.3. The lowest BCUT2D eigenvalue weighted by Crippen LogP contribution is -2.45. The van der Waals surface area contributed by atoms with E-state index >= 15 is 0 Å². The molecule has 0 aromatic heterocycles. The number of carbonyl (C=O) groups excluding carboxylic acids is 2. The molecule has 7 nitrogen and oxygen atoms in total. The fourth-order valence-corrected chi connectivity index (χ4v) is 2.11. The summed E-state index contributed by atoms with van der Waals surface area (Å²) in [7, 11) is 0. The van der Waals surface area contributed by atoms with E-state index in [1.807, 2.05) is 19.1 Å². The van der Waals surface area contributed by atoms with Crippen LogP contribution in [0.2, 0.25) is 0 Å². The molecule has 0 bridgehead atoms. The Morgan fingerprint density at radius 2 is 2.10 bits per heavy atom. The van der Waals surface area contributed by atoms with E-state index in [0.29, 0.717) is 10.2 Å². The molecule has 0 aliphatic carbocycles. The SMILES string of the molecule is Cc1ccc(OCC(=O)N[C@H](CC(N)=O)C(=O)O)c(Br)c1. The number of ether oxygens (including phenoxy) is 1. The van der Waals surface area contributed by atoms with Gasteiger partial charge in [-0.2, -0.15) is 0 Å². The smallest absolute Gasteiger partial charge is 0.326 e. The lowest BCUT2D eigenvalue weighted by atomic mass is 10.2. The molecule has 0 radical (unpaired) electrons. The molecular formula is C13H15BrN2O5. The summed E-state index contributed by atoms with van der Waals surface area (Å²) in [6.45, 7) is 1.53. The molecule has 1 atom stereocenters. The third kappa shape index (κ3) is 5.82. The van der Waals surface area contributed by atoms with Gasteiger partial charge in [-0.1, -0.05) is 6.07 Å². The number of nitrogens with one attached hydrogen (secondary N) is 1. The van der Waals surface area contributed by atoms with Crippen LogP contribution in [-0.4, -0.2) is 35.5 Å². The van der Waals surface area contributed by atoms with Gasteiger partial charge in [0.2, 0.25) is 5.91 Å². The van der Waals surface area contributed by atoms with Gasteiger partial charge in [-0.25, -0.2) is 4.79 Å². The summed E-state index contributed by atoms with van der Waals surface area (Å²) in [6.07, 6.45) is -0.477. The Bertz CT molecular complexity index is 561. The summed E-state index contributed by atoms with van der Waals surface area (Å²) in [6, 6.07) is 3.95. The Morgan fingerprint density at radius 3 is 2.62 bits per heavy atom. The van der Waals surface area contributed by atoms with Crippen LogP contribution in [0.4, 0.5) is 0 Å². The molecule has 0 aliphatic rings. The highest BCUT2D eigenvalue weighted by Crippen LogP contribution is 2.25. The average Bonchev–Trinajstić information content (AvgIpc) is 2.36. The molecular weight excluding hydrogens is 344 g/mol. The van der Waals surface area contributed by atoms with Gasteiger partial charge in [-0.15, -0.1) is 0 Å². The number of aliphatic carboxylic acids is 1. The minimum absolute atomic E-state index is 0.371. The lowest BCUT2D eigenvalue weighted by molar-refractivity contribution is -0.143. The van der Waals surface area contributed by atoms with Gasteiger partial charge in [0.05, 0.1) is 10.9 Å². The molecule has 2 amide bonds. The largest absolute Gasteiger partial charge is 0.483 e. The number of rotatable bonds is 7. The molecule has 8 heteroatoms. The molecule has 1 aromatic carbocycles. The van der Waals surface area contributed by atoms with E-state index in [2.05, 4.69) is 21.2 Å². The molecule has 0 unspecified atom stereocenters. The Hall–Kier alpha value is -2.09. The monoisotopic (exact) mass is 358 g/mol. The quantitative estimate of drug-likeness (QED) is 0.658. The van der Waals surface area contributed by atoms with Crippen molar-refractivity contribution in [2.45, 2.75) is 19.4 Å². The second-order valence-corrected chi connectivity index (χ2v) is 5.21. The summed E-state index contributed by atoms with van der Waals surface area (Å²) < 4.78 is 5.95. The van der Waals surface area contributed by atoms with Crippen molar-refractivity contribution in [1.29, 1.82) is 0 Å². The molecule has 0 spiro atoms. The van der Waals surface area contributed by atoms with Gasteiger partial charge >= 0.3 is 5.97 Å². The number of amides is 2. The molecule has 1 aromatic rings. The van der Waals surface area contributed by atoms with Crippen molar-refractivity contribution in [2.24, 2.45) is 5.73 Å². The Labute approximate surface area is 129 Å². The first-order valence-electron chi connectivity index (χ1n) is 5.99. The maximum atomic E-state index is 11.6. The van der Waals surface area contributed by atoms with Crippen LogP contribution in [0.1, 0.15) is 12.0 Å². The number of primary amides is 1. The highest BCUT2D eigenvalue weighted by molar-refractivity contribution is 9.10. The number of carboxylic acids is 1. The number of carbonyl (C=O) groups is 3. The summed E-state index contributed by atoms with van der Waals surface area (Å²) in [5.74, 6) is -2.35. The molecule has 0 fully saturated rings. The van der Waals surface area contributed by atoms with Crippen LogP contribution in [0.15, 0.2) is 22.7 Å². The van der Waals surface area contributed by atoms with E-state index in [1.165, 1.54) is 0 Å². The number of benzene rings is 1. The predicted octanol–water partition coefficient (Wildman–Crippen LogP) is 0.581. The van der Waals surface area contributed by atoms with Crippen molar-refractivity contribution in [3.63, 3.8) is 0 Å². The number of aryl methyl sites for hydroxylation is 1. The number of nitrogens with two attached hydrogens (primary N) is 1. The van der Waals surface area contributed by atoms with Crippen LogP contribution in [-0.2, 0) is 14.4 Å². The molecule has 114 valence electrons. The minimum Gasteiger partial charge on any atom is -0.483 e. The first kappa shape index (κ1) is 17.0. The van der Waals surface area contributed by atoms with Crippen molar-refractivity contribution < 1.29 is 24.2 Å². The summed E-state index contributed by atoms with van der Waals surface area (Å²) >= 11 is 3.29. The zero-order valence-corrected chi connectivity index (χ0v) is 12.8. The molecule has 0 heterocycles. The Balaban J connectivity index is 2.56. The second-order valence-electron chi connectivity index (χ2n) is 4.35. The van der Waals surface area contributed by atoms with Gasteiger partial charge in [-0.3, -0.25) is 9.59 Å². The number of hydrogen-bond acceptors (Lipinski definition) is 4. The number of hydrogen-bond donors (Lipinski definition) is 3. The third-order valence-corrected chi connectivity index (χ3v) is 3.10. The van der Waals surface area contributed by atoms with Crippen molar-refractivity contribution >= 4 is 33.7 Å². The molecule has 0 saturated carbocycles. The first-order chi connectivity index (χ1) is 9.79. The normalized spacial score (nSPS) is 11.5. The van der Waals surface area contributed by atoms with Crippen LogP contribution >= 0.6 is 15.9 Å². The van der Waals surface area contributed by atoms with E-state index in [0.717, 1.165) is 5.56 Å². The van der Waals surface area contributed by atoms with Crippen molar-refractivity contribution in [3.05, 3.63) is 28.2 Å². The molecule has 1 rings (SSSR count). The Morgan fingerprint density at radius 1 is 1.43 bits per heavy atom. The van der Waals surface area contributed by atoms with E-state index in [1.54, 1.807) is 6.07 Å². The van der Waals surface area contributed by atoms with Gasteiger partial charge in [0, 0.05) is 0 Å². The van der Waals surface area contributed by atoms with Gasteiger partial charge in [0.1, 0.15) is 11.8 Å². The number of halogens is 1. The van der Waals surface area contributed by atoms with Gasteiger partial charge in [0.15, 0.2) is 6.61 Å². The first-order valence-corrected chi connectivity index (χ1v) is 6.78. The lowest BCUT2D eigenvalue weighted by Gasteiger charge is -2.13. The van der Waals surface area contributed by atoms with E-state index in [4.69, 9.17) is 15.6 Å². The van der Waals surface area contributed by atoms with E-state index in [-0.39, 0.29) is 6.61 Å². The van der Waals surface area contributed by atoms with Crippen LogP contribution in [0, 0.1) is 6.92 Å². The van der Waals surface area contributed by atoms with Crippen molar-refractivity contribution in [3.8, 4) is 5.75 Å². The average molecular weight is 359 g/mol. The van der Waals surface area contributed by atoms with Gasteiger partial charge in [-0.05, 0) is 40.5 Å². The fraction of sp³-hybridized carbons (Fsp3) is 0.308. The molecule has 21 heavy (non-hydrogen) atoms.